The fourth-order valence-electron chi connectivity index (χ4n) is 2.81. The van der Waals surface area contributed by atoms with Crippen molar-refractivity contribution < 1.29 is 19.1 Å². The average Bonchev–Trinajstić information content (AvgIpc) is 2.38. The van der Waals surface area contributed by atoms with Gasteiger partial charge in [0.1, 0.15) is 5.82 Å². The molecule has 0 bridgehead atoms. The fraction of sp³-hybridized carbons (Fsp3) is 0.467. The second-order valence-electron chi connectivity index (χ2n) is 5.46. The van der Waals surface area contributed by atoms with E-state index in [4.69, 9.17) is 5.11 Å². The Morgan fingerprint density at radius 1 is 1.29 bits per heavy atom. The van der Waals surface area contributed by atoms with Crippen LogP contribution in [0.3, 0.4) is 0 Å². The number of piperidine rings is 1. The molecule has 0 spiro atoms. The van der Waals surface area contributed by atoms with Crippen LogP contribution in [0.1, 0.15) is 43.5 Å². The number of carboxylic acids is 1. The van der Waals surface area contributed by atoms with Gasteiger partial charge in [-0.05, 0) is 51.3 Å². The Bertz CT molecular complexity index is 552. The fourth-order valence-corrected chi connectivity index (χ4v) is 2.81. The highest BCUT2D eigenvalue weighted by molar-refractivity contribution is 6.00. The van der Waals surface area contributed by atoms with E-state index in [2.05, 4.69) is 5.32 Å². The molecule has 114 valence electrons. The molecule has 1 aromatic rings. The second kappa shape index (κ2) is 6.11. The first-order valence-electron chi connectivity index (χ1n) is 7.02. The summed E-state index contributed by atoms with van der Waals surface area (Å²) in [4.78, 5) is 25.2. The number of anilines is 1. The molecule has 2 rings (SSSR count). The molecule has 2 amide bonds. The van der Waals surface area contributed by atoms with E-state index in [1.807, 2.05) is 13.8 Å². The van der Waals surface area contributed by atoms with Crippen LogP contribution in [0.4, 0.5) is 14.9 Å². The number of hydrogen-bond acceptors (Lipinski definition) is 2. The number of likely N-dealkylation sites (tertiary alicyclic amines) is 1. The summed E-state index contributed by atoms with van der Waals surface area (Å²) in [6, 6.07) is 3.01. The van der Waals surface area contributed by atoms with Crippen LogP contribution in [0.15, 0.2) is 18.2 Å². The smallest absolute Gasteiger partial charge is 0.337 e. The zero-order chi connectivity index (χ0) is 15.6. The number of halogens is 1. The maximum absolute atomic E-state index is 13.3. The van der Waals surface area contributed by atoms with Crippen molar-refractivity contribution in [2.75, 3.05) is 5.32 Å². The number of nitrogens with zero attached hydrogens (tertiary/aromatic N) is 1. The van der Waals surface area contributed by atoms with Crippen molar-refractivity contribution in [2.24, 2.45) is 0 Å². The Hall–Kier alpha value is -2.11. The number of aromatic carboxylic acids is 1. The van der Waals surface area contributed by atoms with Crippen molar-refractivity contribution in [2.45, 2.75) is 45.2 Å². The lowest BCUT2D eigenvalue weighted by atomic mass is 9.98. The number of benzene rings is 1. The van der Waals surface area contributed by atoms with Gasteiger partial charge in [0, 0.05) is 12.1 Å². The number of carbonyl (C=O) groups excluding carboxylic acids is 1. The first-order valence-corrected chi connectivity index (χ1v) is 7.02. The quantitative estimate of drug-likeness (QED) is 0.879. The molecule has 1 aliphatic rings. The van der Waals surface area contributed by atoms with Gasteiger partial charge in [-0.15, -0.1) is 0 Å². The molecule has 1 heterocycles. The Morgan fingerprint density at radius 2 is 1.90 bits per heavy atom. The van der Waals surface area contributed by atoms with Gasteiger partial charge in [0.15, 0.2) is 0 Å². The highest BCUT2D eigenvalue weighted by Crippen LogP contribution is 2.24. The minimum Gasteiger partial charge on any atom is -0.478 e. The first kappa shape index (κ1) is 15.3. The average molecular weight is 294 g/mol. The van der Waals surface area contributed by atoms with Crippen LogP contribution in [-0.2, 0) is 0 Å². The number of nitrogens with one attached hydrogen (secondary N) is 1. The third-order valence-electron chi connectivity index (χ3n) is 3.88. The predicted octanol–water partition coefficient (Wildman–Crippen LogP) is 3.32. The molecule has 0 unspecified atom stereocenters. The lowest BCUT2D eigenvalue weighted by Gasteiger charge is -2.38. The molecule has 1 aliphatic heterocycles. The first-order chi connectivity index (χ1) is 9.90. The van der Waals surface area contributed by atoms with Crippen molar-refractivity contribution in [3.63, 3.8) is 0 Å². The molecule has 2 atom stereocenters. The van der Waals surface area contributed by atoms with Crippen molar-refractivity contribution in [3.8, 4) is 0 Å². The highest BCUT2D eigenvalue weighted by atomic mass is 19.1. The van der Waals surface area contributed by atoms with Crippen molar-refractivity contribution >= 4 is 17.7 Å². The van der Waals surface area contributed by atoms with Gasteiger partial charge in [-0.1, -0.05) is 0 Å². The van der Waals surface area contributed by atoms with Gasteiger partial charge < -0.3 is 15.3 Å². The zero-order valence-electron chi connectivity index (χ0n) is 12.1. The molecule has 0 aromatic heterocycles. The van der Waals surface area contributed by atoms with E-state index in [9.17, 15) is 14.0 Å². The van der Waals surface area contributed by atoms with Crippen molar-refractivity contribution in [1.29, 1.82) is 0 Å². The summed E-state index contributed by atoms with van der Waals surface area (Å²) >= 11 is 0. The Labute approximate surface area is 122 Å². The van der Waals surface area contributed by atoms with Crippen LogP contribution in [0, 0.1) is 5.82 Å². The van der Waals surface area contributed by atoms with Gasteiger partial charge in [0.2, 0.25) is 0 Å². The molecule has 2 N–H and O–H groups in total. The topological polar surface area (TPSA) is 69.6 Å². The molecule has 1 saturated heterocycles. The minimum absolute atomic E-state index is 0.0162. The summed E-state index contributed by atoms with van der Waals surface area (Å²) in [5.74, 6) is -1.79. The summed E-state index contributed by atoms with van der Waals surface area (Å²) in [5, 5.41) is 11.6. The largest absolute Gasteiger partial charge is 0.478 e. The highest BCUT2D eigenvalue weighted by Gasteiger charge is 2.29. The molecule has 0 aliphatic carbocycles. The molecular formula is C15H19FN2O3. The summed E-state index contributed by atoms with van der Waals surface area (Å²) < 4.78 is 13.3. The van der Waals surface area contributed by atoms with E-state index in [0.717, 1.165) is 37.5 Å². The second-order valence-corrected chi connectivity index (χ2v) is 5.46. The van der Waals surface area contributed by atoms with E-state index in [-0.39, 0.29) is 29.4 Å². The SMILES string of the molecule is C[C@@H]1CCC[C@H](C)N1C(=O)Nc1cc(F)ccc1C(=O)O. The zero-order valence-corrected chi connectivity index (χ0v) is 12.1. The van der Waals surface area contributed by atoms with Gasteiger partial charge in [0.25, 0.3) is 0 Å². The molecule has 5 nitrogen and oxygen atoms in total. The van der Waals surface area contributed by atoms with E-state index >= 15 is 0 Å². The monoisotopic (exact) mass is 294 g/mol. The van der Waals surface area contributed by atoms with Gasteiger partial charge in [-0.25, -0.2) is 14.0 Å². The number of carbonyl (C=O) groups is 2. The number of urea groups is 1. The Morgan fingerprint density at radius 3 is 2.48 bits per heavy atom. The van der Waals surface area contributed by atoms with Gasteiger partial charge in [-0.3, -0.25) is 0 Å². The lowest BCUT2D eigenvalue weighted by Crippen LogP contribution is -2.49. The van der Waals surface area contributed by atoms with E-state index < -0.39 is 11.8 Å². The number of rotatable bonds is 2. The van der Waals surface area contributed by atoms with Crippen LogP contribution < -0.4 is 5.32 Å². The normalized spacial score (nSPS) is 22.0. The van der Waals surface area contributed by atoms with Crippen LogP contribution in [-0.4, -0.2) is 34.1 Å². The Kier molecular flexibility index (Phi) is 4.45. The maximum atomic E-state index is 13.3. The molecule has 1 aromatic carbocycles. The van der Waals surface area contributed by atoms with Gasteiger partial charge in [-0.2, -0.15) is 0 Å². The molecule has 0 saturated carbocycles. The third kappa shape index (κ3) is 3.32. The van der Waals surface area contributed by atoms with Crippen LogP contribution in [0.5, 0.6) is 0 Å². The van der Waals surface area contributed by atoms with Gasteiger partial charge in [0.05, 0.1) is 11.3 Å². The van der Waals surface area contributed by atoms with E-state index in [1.54, 1.807) is 4.90 Å². The third-order valence-corrected chi connectivity index (χ3v) is 3.88. The van der Waals surface area contributed by atoms with Crippen molar-refractivity contribution in [1.82, 2.24) is 4.90 Å². The van der Waals surface area contributed by atoms with E-state index in [1.165, 1.54) is 0 Å². The molecule has 0 radical (unpaired) electrons. The maximum Gasteiger partial charge on any atom is 0.337 e. The summed E-state index contributed by atoms with van der Waals surface area (Å²) in [6.07, 6.45) is 2.88. The minimum atomic E-state index is -1.20. The molecule has 6 heteroatoms. The van der Waals surface area contributed by atoms with Crippen molar-refractivity contribution in [3.05, 3.63) is 29.6 Å². The molecule has 21 heavy (non-hydrogen) atoms. The van der Waals surface area contributed by atoms with Crippen LogP contribution in [0.2, 0.25) is 0 Å². The summed E-state index contributed by atoms with van der Waals surface area (Å²) in [5.41, 5.74) is -0.139. The predicted molar refractivity (Wildman–Crippen MR) is 77.0 cm³/mol. The molecular weight excluding hydrogens is 275 g/mol. The molecule has 1 fully saturated rings. The summed E-state index contributed by atoms with van der Waals surface area (Å²) in [7, 11) is 0. The van der Waals surface area contributed by atoms with Crippen LogP contribution >= 0.6 is 0 Å². The number of amides is 2. The Balaban J connectivity index is 2.23. The number of carboxylic acid groups (broad SMARTS) is 1. The number of hydrogen-bond donors (Lipinski definition) is 2. The van der Waals surface area contributed by atoms with E-state index in [0.29, 0.717) is 0 Å². The summed E-state index contributed by atoms with van der Waals surface area (Å²) in [6.45, 7) is 3.91. The lowest BCUT2D eigenvalue weighted by molar-refractivity contribution is 0.0698. The van der Waals surface area contributed by atoms with Crippen LogP contribution in [0.25, 0.3) is 0 Å². The standard InChI is InChI=1S/C15H19FN2O3/c1-9-4-3-5-10(2)18(9)15(21)17-13-8-11(16)6-7-12(13)14(19)20/h6-10H,3-5H2,1-2H3,(H,17,21)(H,19,20)/t9-,10+. The van der Waals surface area contributed by atoms with Gasteiger partial charge >= 0.3 is 12.0 Å².